The van der Waals surface area contributed by atoms with Gasteiger partial charge in [-0.15, -0.1) is 0 Å². The molecule has 2 aliphatic rings. The molecule has 25 heavy (non-hydrogen) atoms. The quantitative estimate of drug-likeness (QED) is 0.896. The minimum atomic E-state index is 0.168. The molecule has 2 unspecified atom stereocenters. The van der Waals surface area contributed by atoms with E-state index in [-0.39, 0.29) is 12.2 Å². The largest absolute Gasteiger partial charge is 0.371 e. The molecule has 0 amide bonds. The molecule has 130 valence electrons. The smallest absolute Gasteiger partial charge is 0.113 e. The molecule has 1 aromatic carbocycles. The summed E-state index contributed by atoms with van der Waals surface area (Å²) in [4.78, 5) is 11.2. The maximum Gasteiger partial charge on any atom is 0.113 e. The lowest BCUT2D eigenvalue weighted by Gasteiger charge is -2.39. The van der Waals surface area contributed by atoms with Crippen LogP contribution in [-0.2, 0) is 4.74 Å². The van der Waals surface area contributed by atoms with Gasteiger partial charge >= 0.3 is 0 Å². The van der Waals surface area contributed by atoms with Crippen LogP contribution in [0.3, 0.4) is 0 Å². The first-order chi connectivity index (χ1) is 12.2. The standard InChI is InChI=1S/C18H21N5OS/c1-12-9-23(10-14(24-12)11-25-15-7-20-8-15)16-3-2-13(6-19)17-18(16)22-5-4-21-17/h2-5,12,14-15,20H,7-11H2,1H3. The molecule has 2 aromatic rings. The summed E-state index contributed by atoms with van der Waals surface area (Å²) in [6, 6.07) is 6.05. The van der Waals surface area contributed by atoms with Crippen LogP contribution in [0.2, 0.25) is 0 Å². The molecule has 7 heteroatoms. The van der Waals surface area contributed by atoms with Crippen molar-refractivity contribution < 1.29 is 4.74 Å². The van der Waals surface area contributed by atoms with Gasteiger partial charge in [0, 0.05) is 49.6 Å². The van der Waals surface area contributed by atoms with E-state index in [1.807, 2.05) is 23.9 Å². The maximum atomic E-state index is 9.31. The number of morpholine rings is 1. The van der Waals surface area contributed by atoms with E-state index in [1.165, 1.54) is 0 Å². The van der Waals surface area contributed by atoms with Crippen molar-refractivity contribution in [2.45, 2.75) is 24.4 Å². The summed E-state index contributed by atoms with van der Waals surface area (Å²) in [5.74, 6) is 1.01. The summed E-state index contributed by atoms with van der Waals surface area (Å²) in [7, 11) is 0. The molecule has 1 aromatic heterocycles. The van der Waals surface area contributed by atoms with E-state index < -0.39 is 0 Å². The predicted molar refractivity (Wildman–Crippen MR) is 99.9 cm³/mol. The van der Waals surface area contributed by atoms with Gasteiger partial charge in [0.05, 0.1) is 23.5 Å². The molecule has 2 saturated heterocycles. The summed E-state index contributed by atoms with van der Waals surface area (Å²) in [5.41, 5.74) is 3.08. The SMILES string of the molecule is CC1CN(c2ccc(C#N)c3nccnc23)CC(CSC2CNC2)O1. The predicted octanol–water partition coefficient (Wildman–Crippen LogP) is 1.80. The number of hydrogen-bond donors (Lipinski definition) is 1. The lowest BCUT2D eigenvalue weighted by molar-refractivity contribution is -0.00260. The Morgan fingerprint density at radius 2 is 2.08 bits per heavy atom. The van der Waals surface area contributed by atoms with Crippen molar-refractivity contribution in [3.63, 3.8) is 0 Å². The second-order valence-electron chi connectivity index (χ2n) is 6.58. The van der Waals surface area contributed by atoms with E-state index in [9.17, 15) is 5.26 Å². The van der Waals surface area contributed by atoms with Crippen LogP contribution in [0.5, 0.6) is 0 Å². The van der Waals surface area contributed by atoms with Crippen molar-refractivity contribution in [2.75, 3.05) is 36.8 Å². The highest BCUT2D eigenvalue weighted by Gasteiger charge is 2.28. The van der Waals surface area contributed by atoms with Gasteiger partial charge in [-0.2, -0.15) is 17.0 Å². The van der Waals surface area contributed by atoms with E-state index in [0.717, 1.165) is 48.4 Å². The average Bonchev–Trinajstić information content (AvgIpc) is 2.59. The number of aromatic nitrogens is 2. The van der Waals surface area contributed by atoms with Crippen molar-refractivity contribution in [2.24, 2.45) is 0 Å². The van der Waals surface area contributed by atoms with Crippen LogP contribution >= 0.6 is 11.8 Å². The van der Waals surface area contributed by atoms with Gasteiger partial charge < -0.3 is 15.0 Å². The fourth-order valence-electron chi connectivity index (χ4n) is 3.35. The van der Waals surface area contributed by atoms with Gasteiger partial charge in [-0.05, 0) is 19.1 Å². The Balaban J connectivity index is 1.57. The Labute approximate surface area is 151 Å². The minimum absolute atomic E-state index is 0.168. The number of ether oxygens (including phenoxy) is 1. The first-order valence-corrected chi connectivity index (χ1v) is 9.66. The second-order valence-corrected chi connectivity index (χ2v) is 7.92. The zero-order chi connectivity index (χ0) is 17.2. The Hall–Kier alpha value is -1.88. The molecule has 0 aliphatic carbocycles. The highest BCUT2D eigenvalue weighted by Crippen LogP contribution is 2.29. The lowest BCUT2D eigenvalue weighted by atomic mass is 10.1. The lowest BCUT2D eigenvalue weighted by Crippen LogP contribution is -2.49. The van der Waals surface area contributed by atoms with Gasteiger partial charge in [0.1, 0.15) is 17.1 Å². The molecule has 3 heterocycles. The average molecular weight is 355 g/mol. The first-order valence-electron chi connectivity index (χ1n) is 8.61. The Morgan fingerprint density at radius 3 is 2.80 bits per heavy atom. The summed E-state index contributed by atoms with van der Waals surface area (Å²) in [6.07, 6.45) is 3.70. The first kappa shape index (κ1) is 16.6. The number of hydrogen-bond acceptors (Lipinski definition) is 7. The monoisotopic (exact) mass is 355 g/mol. The van der Waals surface area contributed by atoms with Gasteiger partial charge in [0.2, 0.25) is 0 Å². The third-order valence-electron chi connectivity index (χ3n) is 4.65. The Kier molecular flexibility index (Phi) is 4.75. The molecule has 4 rings (SSSR count). The second kappa shape index (κ2) is 7.16. The minimum Gasteiger partial charge on any atom is -0.371 e. The normalized spacial score (nSPS) is 24.1. The van der Waals surface area contributed by atoms with Crippen molar-refractivity contribution in [3.05, 3.63) is 30.1 Å². The van der Waals surface area contributed by atoms with Crippen LogP contribution in [-0.4, -0.2) is 59.4 Å². The van der Waals surface area contributed by atoms with Crippen molar-refractivity contribution in [1.29, 1.82) is 5.26 Å². The maximum absolute atomic E-state index is 9.31. The van der Waals surface area contributed by atoms with Crippen molar-refractivity contribution in [3.8, 4) is 6.07 Å². The molecular weight excluding hydrogens is 334 g/mol. The number of anilines is 1. The van der Waals surface area contributed by atoms with Crippen LogP contribution in [0, 0.1) is 11.3 Å². The van der Waals surface area contributed by atoms with Crippen LogP contribution in [0.1, 0.15) is 12.5 Å². The number of nitriles is 1. The molecule has 0 radical (unpaired) electrons. The van der Waals surface area contributed by atoms with Crippen molar-refractivity contribution in [1.82, 2.24) is 15.3 Å². The fraction of sp³-hybridized carbons (Fsp3) is 0.500. The molecular formula is C18H21N5OS. The van der Waals surface area contributed by atoms with E-state index in [2.05, 4.69) is 33.2 Å². The fourth-order valence-corrected chi connectivity index (χ4v) is 4.49. The number of thioether (sulfide) groups is 1. The number of rotatable bonds is 4. The number of fused-ring (bicyclic) bond motifs is 1. The van der Waals surface area contributed by atoms with Gasteiger partial charge in [0.25, 0.3) is 0 Å². The summed E-state index contributed by atoms with van der Waals surface area (Å²) >= 11 is 1.99. The third kappa shape index (κ3) is 3.43. The highest BCUT2D eigenvalue weighted by atomic mass is 32.2. The molecule has 1 N–H and O–H groups in total. The van der Waals surface area contributed by atoms with E-state index in [0.29, 0.717) is 11.1 Å². The molecule has 0 saturated carbocycles. The zero-order valence-corrected chi connectivity index (χ0v) is 15.0. The molecule has 0 spiro atoms. The number of nitrogens with one attached hydrogen (secondary N) is 1. The van der Waals surface area contributed by atoms with Crippen LogP contribution in [0.25, 0.3) is 11.0 Å². The van der Waals surface area contributed by atoms with Gasteiger partial charge in [0.15, 0.2) is 0 Å². The van der Waals surface area contributed by atoms with Crippen LogP contribution < -0.4 is 10.2 Å². The van der Waals surface area contributed by atoms with E-state index in [4.69, 9.17) is 4.74 Å². The molecule has 0 bridgehead atoms. The topological polar surface area (TPSA) is 74.1 Å². The molecule has 2 aliphatic heterocycles. The van der Waals surface area contributed by atoms with E-state index in [1.54, 1.807) is 12.4 Å². The Bertz CT molecular complexity index is 804. The van der Waals surface area contributed by atoms with Gasteiger partial charge in [-0.1, -0.05) is 0 Å². The molecule has 2 atom stereocenters. The summed E-state index contributed by atoms with van der Waals surface area (Å²) < 4.78 is 6.14. The summed E-state index contributed by atoms with van der Waals surface area (Å²) in [6.45, 7) is 5.99. The zero-order valence-electron chi connectivity index (χ0n) is 14.2. The van der Waals surface area contributed by atoms with Gasteiger partial charge in [-0.3, -0.25) is 9.97 Å². The van der Waals surface area contributed by atoms with Crippen LogP contribution in [0.4, 0.5) is 5.69 Å². The van der Waals surface area contributed by atoms with E-state index >= 15 is 0 Å². The number of nitrogens with zero attached hydrogens (tertiary/aromatic N) is 4. The highest BCUT2D eigenvalue weighted by molar-refractivity contribution is 8.00. The summed E-state index contributed by atoms with van der Waals surface area (Å²) in [5, 5.41) is 13.3. The molecule has 6 nitrogen and oxygen atoms in total. The van der Waals surface area contributed by atoms with Crippen LogP contribution in [0.15, 0.2) is 24.5 Å². The van der Waals surface area contributed by atoms with Crippen molar-refractivity contribution >= 4 is 28.5 Å². The number of benzene rings is 1. The molecule has 2 fully saturated rings. The van der Waals surface area contributed by atoms with Gasteiger partial charge in [-0.25, -0.2) is 0 Å². The third-order valence-corrected chi connectivity index (χ3v) is 6.02. The Morgan fingerprint density at radius 1 is 1.28 bits per heavy atom.